The number of hydrogen-bond acceptors (Lipinski definition) is 3. The van der Waals surface area contributed by atoms with E-state index >= 15 is 0 Å². The van der Waals surface area contributed by atoms with Crippen molar-refractivity contribution >= 4 is 23.6 Å². The van der Waals surface area contributed by atoms with Crippen LogP contribution in [0.1, 0.15) is 36.5 Å². The van der Waals surface area contributed by atoms with E-state index in [9.17, 15) is 9.59 Å². The molecule has 120 valence electrons. The molecule has 0 radical (unpaired) electrons. The number of nitrogens with one attached hydrogen (secondary N) is 1. The molecule has 1 saturated carbocycles. The van der Waals surface area contributed by atoms with Crippen LogP contribution < -0.4 is 5.32 Å². The largest absolute Gasteiger partial charge is 0.343 e. The summed E-state index contributed by atoms with van der Waals surface area (Å²) in [6, 6.07) is 9.28. The van der Waals surface area contributed by atoms with E-state index in [2.05, 4.69) is 12.2 Å². The Kier molecular flexibility index (Phi) is 6.31. The summed E-state index contributed by atoms with van der Waals surface area (Å²) < 4.78 is 0. The first-order valence-electron chi connectivity index (χ1n) is 7.82. The van der Waals surface area contributed by atoms with Gasteiger partial charge in [-0.3, -0.25) is 9.59 Å². The zero-order valence-electron chi connectivity index (χ0n) is 13.2. The minimum Gasteiger partial charge on any atom is -0.343 e. The molecule has 2 rings (SSSR count). The lowest BCUT2D eigenvalue weighted by Crippen LogP contribution is -2.42. The van der Waals surface area contributed by atoms with E-state index in [1.54, 1.807) is 12.1 Å². The number of carbonyl (C=O) groups is 2. The molecule has 1 aromatic carbocycles. The van der Waals surface area contributed by atoms with E-state index in [0.717, 1.165) is 18.6 Å². The maximum atomic E-state index is 12.2. The van der Waals surface area contributed by atoms with Crippen LogP contribution in [0.15, 0.2) is 30.3 Å². The Morgan fingerprint density at radius 2 is 2.00 bits per heavy atom. The van der Waals surface area contributed by atoms with Crippen molar-refractivity contribution in [2.45, 2.75) is 37.5 Å². The second-order valence-corrected chi connectivity index (χ2v) is 7.17. The van der Waals surface area contributed by atoms with Crippen LogP contribution in [0.2, 0.25) is 0 Å². The highest BCUT2D eigenvalue weighted by atomic mass is 32.2. The number of hydrogen-bond donors (Lipinski definition) is 1. The number of carbonyl (C=O) groups excluding carboxylic acids is 2. The highest BCUT2D eigenvalue weighted by Crippen LogP contribution is 2.32. The van der Waals surface area contributed by atoms with Gasteiger partial charge in [-0.05, 0) is 37.1 Å². The Balaban J connectivity index is 1.78. The number of rotatable bonds is 6. The minimum atomic E-state index is -0.201. The summed E-state index contributed by atoms with van der Waals surface area (Å²) in [6.07, 6.45) is 3.30. The van der Waals surface area contributed by atoms with Crippen molar-refractivity contribution < 1.29 is 9.59 Å². The van der Waals surface area contributed by atoms with Crippen molar-refractivity contribution in [3.63, 3.8) is 0 Å². The Hall–Kier alpha value is -1.49. The van der Waals surface area contributed by atoms with Gasteiger partial charge in [0.05, 0.1) is 6.54 Å². The van der Waals surface area contributed by atoms with Crippen molar-refractivity contribution in [3.05, 3.63) is 35.9 Å². The topological polar surface area (TPSA) is 49.4 Å². The first-order chi connectivity index (χ1) is 10.6. The van der Waals surface area contributed by atoms with Gasteiger partial charge in [0, 0.05) is 23.9 Å². The van der Waals surface area contributed by atoms with Crippen LogP contribution in [0, 0.1) is 0 Å². The van der Waals surface area contributed by atoms with Crippen molar-refractivity contribution in [1.29, 1.82) is 0 Å². The quantitative estimate of drug-likeness (QED) is 0.876. The molecule has 0 spiro atoms. The predicted molar refractivity (Wildman–Crippen MR) is 91.1 cm³/mol. The van der Waals surface area contributed by atoms with E-state index in [-0.39, 0.29) is 18.4 Å². The Morgan fingerprint density at radius 1 is 1.27 bits per heavy atom. The van der Waals surface area contributed by atoms with Crippen LogP contribution in [-0.4, -0.2) is 47.4 Å². The number of amides is 2. The maximum absolute atomic E-state index is 12.2. The lowest BCUT2D eigenvalue weighted by Gasteiger charge is -2.25. The molecular weight excluding hydrogens is 296 g/mol. The molecule has 1 aromatic rings. The number of likely N-dealkylation sites (N-methyl/N-ethyl adjacent to an activating group) is 1. The average Bonchev–Trinajstić information content (AvgIpc) is 3.01. The van der Waals surface area contributed by atoms with Gasteiger partial charge in [0.1, 0.15) is 0 Å². The summed E-state index contributed by atoms with van der Waals surface area (Å²) in [4.78, 5) is 26.0. The Morgan fingerprint density at radius 3 is 2.68 bits per heavy atom. The van der Waals surface area contributed by atoms with Crippen LogP contribution in [0.5, 0.6) is 0 Å². The zero-order chi connectivity index (χ0) is 15.9. The SMILES string of the molecule is CCS[C@H]1CC[C@H](N(C)C(=O)CNC(=O)c2ccccc2)C1. The van der Waals surface area contributed by atoms with E-state index < -0.39 is 0 Å². The summed E-state index contributed by atoms with van der Waals surface area (Å²) in [6.45, 7) is 2.23. The van der Waals surface area contributed by atoms with E-state index in [0.29, 0.717) is 16.9 Å². The normalized spacial score (nSPS) is 20.6. The van der Waals surface area contributed by atoms with Gasteiger partial charge in [-0.2, -0.15) is 11.8 Å². The smallest absolute Gasteiger partial charge is 0.251 e. The summed E-state index contributed by atoms with van der Waals surface area (Å²) in [5, 5.41) is 3.37. The summed E-state index contributed by atoms with van der Waals surface area (Å²) in [5.41, 5.74) is 0.582. The third-order valence-electron chi connectivity index (χ3n) is 4.14. The molecule has 0 unspecified atom stereocenters. The van der Waals surface area contributed by atoms with Gasteiger partial charge in [0.15, 0.2) is 0 Å². The standard InChI is InChI=1S/C17H24N2O2S/c1-3-22-15-10-9-14(11-15)19(2)16(20)12-18-17(21)13-7-5-4-6-8-13/h4-8,14-15H,3,9-12H2,1-2H3,(H,18,21)/t14-,15-/m0/s1. The molecule has 0 bridgehead atoms. The summed E-state index contributed by atoms with van der Waals surface area (Å²) in [7, 11) is 1.85. The van der Waals surface area contributed by atoms with Crippen LogP contribution in [0.3, 0.4) is 0 Å². The molecule has 0 aromatic heterocycles. The highest BCUT2D eigenvalue weighted by Gasteiger charge is 2.29. The van der Waals surface area contributed by atoms with Gasteiger partial charge < -0.3 is 10.2 Å². The van der Waals surface area contributed by atoms with E-state index in [1.807, 2.05) is 41.9 Å². The molecule has 5 heteroatoms. The molecule has 0 saturated heterocycles. The third kappa shape index (κ3) is 4.50. The number of thioether (sulfide) groups is 1. The predicted octanol–water partition coefficient (Wildman–Crippen LogP) is 2.55. The first kappa shape index (κ1) is 16.9. The summed E-state index contributed by atoms with van der Waals surface area (Å²) >= 11 is 1.98. The minimum absolute atomic E-state index is 0.0172. The van der Waals surface area contributed by atoms with Crippen LogP contribution in [0.4, 0.5) is 0 Å². The van der Waals surface area contributed by atoms with Crippen LogP contribution in [0.25, 0.3) is 0 Å². The van der Waals surface area contributed by atoms with Gasteiger partial charge in [-0.25, -0.2) is 0 Å². The summed E-state index contributed by atoms with van der Waals surface area (Å²) in [5.74, 6) is 0.909. The molecule has 2 amide bonds. The highest BCUT2D eigenvalue weighted by molar-refractivity contribution is 7.99. The van der Waals surface area contributed by atoms with Gasteiger partial charge in [0.25, 0.3) is 5.91 Å². The van der Waals surface area contributed by atoms with Crippen molar-refractivity contribution in [3.8, 4) is 0 Å². The molecule has 1 aliphatic carbocycles. The maximum Gasteiger partial charge on any atom is 0.251 e. The Bertz CT molecular complexity index is 507. The number of benzene rings is 1. The van der Waals surface area contributed by atoms with Crippen LogP contribution >= 0.6 is 11.8 Å². The molecule has 2 atom stereocenters. The van der Waals surface area contributed by atoms with E-state index in [1.165, 1.54) is 6.42 Å². The fraction of sp³-hybridized carbons (Fsp3) is 0.529. The lowest BCUT2D eigenvalue weighted by atomic mass is 10.2. The number of nitrogens with zero attached hydrogens (tertiary/aromatic N) is 1. The Labute approximate surface area is 136 Å². The average molecular weight is 320 g/mol. The monoisotopic (exact) mass is 320 g/mol. The van der Waals surface area contributed by atoms with Crippen molar-refractivity contribution in [2.24, 2.45) is 0 Å². The molecule has 1 N–H and O–H groups in total. The van der Waals surface area contributed by atoms with Gasteiger partial charge in [-0.1, -0.05) is 25.1 Å². The molecule has 1 fully saturated rings. The molecule has 4 nitrogen and oxygen atoms in total. The van der Waals surface area contributed by atoms with Gasteiger partial charge in [-0.15, -0.1) is 0 Å². The molecule has 1 aliphatic rings. The molecule has 0 heterocycles. The van der Waals surface area contributed by atoms with Gasteiger partial charge in [0.2, 0.25) is 5.91 Å². The third-order valence-corrected chi connectivity index (χ3v) is 5.37. The first-order valence-corrected chi connectivity index (χ1v) is 8.87. The van der Waals surface area contributed by atoms with Gasteiger partial charge >= 0.3 is 0 Å². The lowest BCUT2D eigenvalue weighted by molar-refractivity contribution is -0.130. The van der Waals surface area contributed by atoms with Crippen LogP contribution in [-0.2, 0) is 4.79 Å². The molecular formula is C17H24N2O2S. The zero-order valence-corrected chi connectivity index (χ0v) is 14.1. The van der Waals surface area contributed by atoms with Crippen molar-refractivity contribution in [2.75, 3.05) is 19.3 Å². The van der Waals surface area contributed by atoms with Crippen molar-refractivity contribution in [1.82, 2.24) is 10.2 Å². The fourth-order valence-electron chi connectivity index (χ4n) is 2.83. The fourth-order valence-corrected chi connectivity index (χ4v) is 3.96. The second kappa shape index (κ2) is 8.22. The molecule has 22 heavy (non-hydrogen) atoms. The molecule has 0 aliphatic heterocycles. The van der Waals surface area contributed by atoms with E-state index in [4.69, 9.17) is 0 Å². The second-order valence-electron chi connectivity index (χ2n) is 5.60.